The normalized spacial score (nSPS) is 50.9. The summed E-state index contributed by atoms with van der Waals surface area (Å²) in [7, 11) is 0. The van der Waals surface area contributed by atoms with E-state index in [1.165, 1.54) is 0 Å². The standard InChI is InChI=1S/C18H34N6O13/c19-7-10(29)13(5(2-26)33-16(7)32)35-17-8(20)11(30)14(6(3-27)34-17)37-18(23-24-22)15(21)12(31)9(28)4(1-25)36-18/h4-17,25-32H,1-3,19-21H2/t4-,5-,6-,7-,8-,9-,10-,11-,12+,13?,14?,15-,16-,17+,18+/m1/s1. The van der Waals surface area contributed by atoms with E-state index in [4.69, 9.17) is 46.4 Å². The second-order valence-corrected chi connectivity index (χ2v) is 8.96. The van der Waals surface area contributed by atoms with E-state index in [0.717, 1.165) is 0 Å². The molecule has 0 aromatic rings. The van der Waals surface area contributed by atoms with Crippen LogP contribution in [0.2, 0.25) is 0 Å². The molecule has 19 nitrogen and oxygen atoms in total. The molecule has 0 bridgehead atoms. The SMILES string of the molecule is [N-]=[N+]=N[C@]1(OC2[C@@H](CO)O[C@@H](OC3[C@@H](CO)O[C@@H](O)[C@H](N)[C@H]3O)[C@H](N)[C@H]2O)O[C@H](CO)[C@@H](O)[C@H](O)[C@H]1N. The van der Waals surface area contributed by atoms with Gasteiger partial charge in [-0.3, -0.25) is 0 Å². The maximum Gasteiger partial charge on any atom is 0.268 e. The number of rotatable bonds is 8. The van der Waals surface area contributed by atoms with Crippen molar-refractivity contribution in [1.82, 2.24) is 0 Å². The van der Waals surface area contributed by atoms with Gasteiger partial charge in [0.15, 0.2) is 12.6 Å². The fraction of sp³-hybridized carbons (Fsp3) is 1.00. The molecule has 0 aromatic heterocycles. The molecule has 0 amide bonds. The topological polar surface area (TPSA) is 335 Å². The average Bonchev–Trinajstić information content (AvgIpc) is 2.89. The van der Waals surface area contributed by atoms with E-state index in [9.17, 15) is 40.9 Å². The Kier molecular flexibility index (Phi) is 9.99. The predicted molar refractivity (Wildman–Crippen MR) is 115 cm³/mol. The Balaban J connectivity index is 1.84. The van der Waals surface area contributed by atoms with Gasteiger partial charge in [-0.05, 0) is 10.6 Å². The molecule has 0 aliphatic carbocycles. The fourth-order valence-corrected chi connectivity index (χ4v) is 4.42. The molecule has 3 fully saturated rings. The van der Waals surface area contributed by atoms with Gasteiger partial charge in [-0.15, -0.1) is 0 Å². The van der Waals surface area contributed by atoms with Crippen LogP contribution in [0.3, 0.4) is 0 Å². The number of nitrogens with two attached hydrogens (primary N) is 3. The van der Waals surface area contributed by atoms with E-state index in [1.54, 1.807) is 0 Å². The minimum atomic E-state index is -2.59. The van der Waals surface area contributed by atoms with E-state index in [1.807, 2.05) is 0 Å². The Bertz CT molecular complexity index is 806. The molecule has 14 N–H and O–H groups in total. The van der Waals surface area contributed by atoms with Crippen LogP contribution in [0, 0.1) is 0 Å². The van der Waals surface area contributed by atoms with Crippen molar-refractivity contribution in [3.63, 3.8) is 0 Å². The lowest BCUT2D eigenvalue weighted by Crippen LogP contribution is -2.72. The molecular weight excluding hydrogens is 508 g/mol. The lowest BCUT2D eigenvalue weighted by molar-refractivity contribution is -0.379. The number of nitrogens with zero attached hydrogens (tertiary/aromatic N) is 3. The number of hydrogen-bond acceptors (Lipinski definition) is 17. The molecule has 3 saturated heterocycles. The minimum Gasteiger partial charge on any atom is -0.394 e. The third-order valence-corrected chi connectivity index (χ3v) is 6.62. The highest BCUT2D eigenvalue weighted by Crippen LogP contribution is 2.36. The quantitative estimate of drug-likeness (QED) is 0.0770. The van der Waals surface area contributed by atoms with Crippen molar-refractivity contribution in [3.8, 4) is 0 Å². The maximum atomic E-state index is 10.9. The van der Waals surface area contributed by atoms with E-state index in [2.05, 4.69) is 10.0 Å². The van der Waals surface area contributed by atoms with Crippen LogP contribution in [-0.4, -0.2) is 152 Å². The summed E-state index contributed by atoms with van der Waals surface area (Å²) in [5, 5.41) is 83.9. The first-order valence-corrected chi connectivity index (χ1v) is 11.3. The largest absolute Gasteiger partial charge is 0.394 e. The third kappa shape index (κ3) is 5.69. The van der Waals surface area contributed by atoms with Crippen molar-refractivity contribution in [2.45, 2.75) is 91.6 Å². The van der Waals surface area contributed by atoms with Gasteiger partial charge in [0.25, 0.3) is 5.91 Å². The zero-order chi connectivity index (χ0) is 27.7. The van der Waals surface area contributed by atoms with Crippen LogP contribution < -0.4 is 17.2 Å². The van der Waals surface area contributed by atoms with Crippen molar-refractivity contribution in [1.29, 1.82) is 0 Å². The van der Waals surface area contributed by atoms with Crippen molar-refractivity contribution in [2.24, 2.45) is 22.3 Å². The van der Waals surface area contributed by atoms with Crippen LogP contribution >= 0.6 is 0 Å². The Hall–Kier alpha value is -1.33. The summed E-state index contributed by atoms with van der Waals surface area (Å²) in [6, 6.07) is -4.53. The van der Waals surface area contributed by atoms with Crippen LogP contribution in [0.1, 0.15) is 0 Å². The highest BCUT2D eigenvalue weighted by molar-refractivity contribution is 5.02. The average molecular weight is 542 g/mol. The Labute approximate surface area is 209 Å². The smallest absolute Gasteiger partial charge is 0.268 e. The number of hydrogen-bond donors (Lipinski definition) is 11. The van der Waals surface area contributed by atoms with Crippen LogP contribution in [0.4, 0.5) is 0 Å². The predicted octanol–water partition coefficient (Wildman–Crippen LogP) is -7.04. The number of ether oxygens (including phenoxy) is 5. The van der Waals surface area contributed by atoms with Gasteiger partial charge < -0.3 is 81.7 Å². The summed E-state index contributed by atoms with van der Waals surface area (Å²) < 4.78 is 27.4. The van der Waals surface area contributed by atoms with E-state index in [0.29, 0.717) is 0 Å². The van der Waals surface area contributed by atoms with Gasteiger partial charge in [0, 0.05) is 4.91 Å². The van der Waals surface area contributed by atoms with Crippen molar-refractivity contribution >= 4 is 0 Å². The van der Waals surface area contributed by atoms with Crippen molar-refractivity contribution in [3.05, 3.63) is 10.4 Å². The van der Waals surface area contributed by atoms with Gasteiger partial charge in [0.2, 0.25) is 0 Å². The summed E-state index contributed by atoms with van der Waals surface area (Å²) >= 11 is 0. The molecule has 37 heavy (non-hydrogen) atoms. The first kappa shape index (κ1) is 30.2. The minimum absolute atomic E-state index is 0.699. The molecule has 0 radical (unpaired) electrons. The van der Waals surface area contributed by atoms with E-state index < -0.39 is 111 Å². The first-order valence-electron chi connectivity index (χ1n) is 11.3. The monoisotopic (exact) mass is 542 g/mol. The molecule has 0 aromatic carbocycles. The van der Waals surface area contributed by atoms with Gasteiger partial charge in [-0.25, -0.2) is 0 Å². The lowest BCUT2D eigenvalue weighted by atomic mass is 9.93. The van der Waals surface area contributed by atoms with Crippen LogP contribution in [0.15, 0.2) is 5.11 Å². The molecule has 3 heterocycles. The number of aliphatic hydroxyl groups is 8. The maximum absolute atomic E-state index is 10.9. The molecule has 0 spiro atoms. The summed E-state index contributed by atoms with van der Waals surface area (Å²) in [5.74, 6) is -2.59. The van der Waals surface area contributed by atoms with Gasteiger partial charge in [0.1, 0.15) is 54.9 Å². The van der Waals surface area contributed by atoms with Crippen molar-refractivity contribution < 1.29 is 64.5 Å². The van der Waals surface area contributed by atoms with Crippen LogP contribution in [-0.2, 0) is 23.7 Å². The third-order valence-electron chi connectivity index (χ3n) is 6.62. The first-order chi connectivity index (χ1) is 17.5. The molecule has 3 rings (SSSR count). The van der Waals surface area contributed by atoms with E-state index >= 15 is 0 Å². The van der Waals surface area contributed by atoms with Gasteiger partial charge in [-0.2, -0.15) is 0 Å². The molecule has 15 atom stereocenters. The summed E-state index contributed by atoms with van der Waals surface area (Å²) in [6.07, 6.45) is -17.2. The highest BCUT2D eigenvalue weighted by Gasteiger charge is 2.58. The molecule has 214 valence electrons. The summed E-state index contributed by atoms with van der Waals surface area (Å²) in [4.78, 5) is 2.58. The Morgan fingerprint density at radius 2 is 1.35 bits per heavy atom. The molecular formula is C18H34N6O13. The second-order valence-electron chi connectivity index (χ2n) is 8.96. The van der Waals surface area contributed by atoms with Gasteiger partial charge in [-0.1, -0.05) is 0 Å². The molecule has 2 unspecified atom stereocenters. The summed E-state index contributed by atoms with van der Waals surface area (Å²) in [6.45, 7) is -2.38. The van der Waals surface area contributed by atoms with E-state index in [-0.39, 0.29) is 0 Å². The van der Waals surface area contributed by atoms with Crippen LogP contribution in [0.25, 0.3) is 10.4 Å². The Morgan fingerprint density at radius 1 is 0.784 bits per heavy atom. The van der Waals surface area contributed by atoms with Crippen molar-refractivity contribution in [2.75, 3.05) is 19.8 Å². The Morgan fingerprint density at radius 3 is 1.92 bits per heavy atom. The number of azide groups is 1. The number of aliphatic hydroxyl groups excluding tert-OH is 8. The highest BCUT2D eigenvalue weighted by atomic mass is 16.8. The lowest BCUT2D eigenvalue weighted by Gasteiger charge is -2.51. The molecule has 0 saturated carbocycles. The molecule has 3 aliphatic heterocycles. The molecule has 19 heteroatoms. The molecule has 3 aliphatic rings. The summed E-state index contributed by atoms with van der Waals surface area (Å²) in [5.41, 5.74) is 26.8. The fourth-order valence-electron chi connectivity index (χ4n) is 4.42. The van der Waals surface area contributed by atoms with Gasteiger partial charge in [0.05, 0.1) is 37.9 Å². The van der Waals surface area contributed by atoms with Crippen LogP contribution in [0.5, 0.6) is 0 Å². The zero-order valence-electron chi connectivity index (χ0n) is 19.4. The second kappa shape index (κ2) is 12.2. The zero-order valence-corrected chi connectivity index (χ0v) is 19.4. The van der Waals surface area contributed by atoms with Gasteiger partial charge >= 0.3 is 0 Å².